The minimum absolute atomic E-state index is 0.362. The predicted molar refractivity (Wildman–Crippen MR) is 262 cm³/mol. The zero-order chi connectivity index (χ0) is 42.7. The maximum absolute atomic E-state index is 5.13. The van der Waals surface area contributed by atoms with E-state index in [9.17, 15) is 0 Å². The third kappa shape index (κ3) is 10.5. The molecule has 0 amide bonds. The van der Waals surface area contributed by atoms with Gasteiger partial charge in [-0.3, -0.25) is 4.57 Å². The van der Waals surface area contributed by atoms with Gasteiger partial charge in [-0.2, -0.15) is 0 Å². The van der Waals surface area contributed by atoms with E-state index in [1.807, 2.05) is 0 Å². The summed E-state index contributed by atoms with van der Waals surface area (Å²) in [4.78, 5) is 14.7. The van der Waals surface area contributed by atoms with Gasteiger partial charge < -0.3 is 19.6 Å². The molecule has 0 saturated carbocycles. The van der Waals surface area contributed by atoms with Gasteiger partial charge in [0.25, 0.3) is 0 Å². The molecular weight excluding hydrogens is 757 g/mol. The molecule has 3 heterocycles. The van der Waals surface area contributed by atoms with E-state index in [1.54, 1.807) is 0 Å². The maximum atomic E-state index is 5.13. The number of hydrogen-bond acceptors (Lipinski definition) is 5. The third-order valence-electron chi connectivity index (χ3n) is 12.6. The van der Waals surface area contributed by atoms with E-state index in [1.165, 1.54) is 89.1 Å². The monoisotopic (exact) mass is 823 g/mol. The molecule has 2 aliphatic rings. The van der Waals surface area contributed by atoms with Crippen LogP contribution < -0.4 is 9.80 Å². The molecule has 6 aromatic rings. The quantitative estimate of drug-likeness (QED) is 0.0716. The Hall–Kier alpha value is -6.01. The maximum Gasteiger partial charge on any atom is 0.144 e. The van der Waals surface area contributed by atoms with Crippen LogP contribution in [0.4, 0.5) is 11.4 Å². The lowest BCUT2D eigenvalue weighted by atomic mass is 9.88. The summed E-state index contributed by atoms with van der Waals surface area (Å²) in [6, 6.07) is 46.4. The van der Waals surface area contributed by atoms with E-state index in [2.05, 4.69) is 210 Å². The lowest BCUT2D eigenvalue weighted by Crippen LogP contribution is -2.27. The number of benzene rings is 5. The number of aryl methyl sites for hydroxylation is 2. The van der Waals surface area contributed by atoms with Crippen molar-refractivity contribution >= 4 is 11.4 Å². The fourth-order valence-electron chi connectivity index (χ4n) is 9.04. The van der Waals surface area contributed by atoms with Crippen LogP contribution in [0.1, 0.15) is 107 Å². The summed E-state index contributed by atoms with van der Waals surface area (Å²) in [6.45, 7) is 13.4. The van der Waals surface area contributed by atoms with E-state index < -0.39 is 0 Å². The molecule has 0 atom stereocenters. The van der Waals surface area contributed by atoms with E-state index in [-0.39, 0.29) is 0 Å². The number of unbranched alkanes of at least 4 members (excludes halogenated alkanes) is 5. The topological polar surface area (TPSA) is 30.8 Å². The molecule has 62 heavy (non-hydrogen) atoms. The van der Waals surface area contributed by atoms with Crippen LogP contribution in [0.15, 0.2) is 158 Å². The highest BCUT2D eigenvalue weighted by atomic mass is 15.3. The summed E-state index contributed by atoms with van der Waals surface area (Å²) < 4.78 is 2.52. The first kappa shape index (κ1) is 42.7. The summed E-state index contributed by atoms with van der Waals surface area (Å²) in [5, 5.41) is 0. The van der Waals surface area contributed by atoms with E-state index >= 15 is 0 Å². The van der Waals surface area contributed by atoms with Crippen LogP contribution in [0.2, 0.25) is 0 Å². The SMILES string of the molecule is CC(C)c1cc(-c2ccccc2)cc(C(C)C)c1-n1c(CCCCCCCc2ccc(N3C=CN(CCCCN4C=CN(c5ccccc5)C4)C3)cc2)cnc1-c1ccccc1. The molecule has 6 nitrogen and oxygen atoms in total. The highest BCUT2D eigenvalue weighted by molar-refractivity contribution is 5.72. The minimum Gasteiger partial charge on any atom is -0.358 e. The molecule has 0 saturated heterocycles. The summed E-state index contributed by atoms with van der Waals surface area (Å²) in [7, 11) is 0. The fourth-order valence-corrected chi connectivity index (χ4v) is 9.04. The minimum atomic E-state index is 0.362. The van der Waals surface area contributed by atoms with Crippen molar-refractivity contribution in [2.45, 2.75) is 97.3 Å². The number of hydrogen-bond donors (Lipinski definition) is 0. The summed E-state index contributed by atoms with van der Waals surface area (Å²) in [5.41, 5.74) is 13.1. The molecule has 0 aliphatic carbocycles. The second-order valence-electron chi connectivity index (χ2n) is 17.9. The second kappa shape index (κ2) is 20.7. The first-order chi connectivity index (χ1) is 30.4. The second-order valence-corrected chi connectivity index (χ2v) is 17.9. The smallest absolute Gasteiger partial charge is 0.144 e. The molecule has 6 heteroatoms. The van der Waals surface area contributed by atoms with Crippen molar-refractivity contribution in [3.63, 3.8) is 0 Å². The lowest BCUT2D eigenvalue weighted by Gasteiger charge is -2.25. The van der Waals surface area contributed by atoms with Crippen LogP contribution in [0, 0.1) is 0 Å². The molecule has 0 radical (unpaired) electrons. The molecule has 0 spiro atoms. The Morgan fingerprint density at radius 3 is 1.55 bits per heavy atom. The van der Waals surface area contributed by atoms with Gasteiger partial charge >= 0.3 is 0 Å². The molecule has 0 unspecified atom stereocenters. The molecular formula is C56H66N6. The van der Waals surface area contributed by atoms with Crippen LogP contribution in [0.5, 0.6) is 0 Å². The Balaban J connectivity index is 0.801. The van der Waals surface area contributed by atoms with Crippen molar-refractivity contribution in [1.82, 2.24) is 19.4 Å². The molecule has 320 valence electrons. The zero-order valence-corrected chi connectivity index (χ0v) is 37.5. The molecule has 0 fully saturated rings. The van der Waals surface area contributed by atoms with Gasteiger partial charge in [0, 0.05) is 66.7 Å². The molecule has 5 aromatic carbocycles. The van der Waals surface area contributed by atoms with Gasteiger partial charge in [0.15, 0.2) is 0 Å². The molecule has 2 aliphatic heterocycles. The Kier molecular flexibility index (Phi) is 14.2. The number of anilines is 2. The van der Waals surface area contributed by atoms with Gasteiger partial charge in [0.2, 0.25) is 0 Å². The van der Waals surface area contributed by atoms with Gasteiger partial charge in [-0.25, -0.2) is 4.98 Å². The highest BCUT2D eigenvalue weighted by Gasteiger charge is 2.24. The van der Waals surface area contributed by atoms with Crippen LogP contribution in [-0.4, -0.2) is 45.8 Å². The van der Waals surface area contributed by atoms with Gasteiger partial charge in [0.05, 0.1) is 19.0 Å². The number of rotatable bonds is 20. The Bertz CT molecular complexity index is 2330. The molecule has 0 N–H and O–H groups in total. The zero-order valence-electron chi connectivity index (χ0n) is 37.5. The number of imidazole rings is 1. The van der Waals surface area contributed by atoms with E-state index in [4.69, 9.17) is 4.98 Å². The predicted octanol–water partition coefficient (Wildman–Crippen LogP) is 13.8. The van der Waals surface area contributed by atoms with Crippen LogP contribution in [0.25, 0.3) is 28.2 Å². The van der Waals surface area contributed by atoms with Gasteiger partial charge in [-0.05, 0) is 115 Å². The van der Waals surface area contributed by atoms with Crippen LogP contribution in [-0.2, 0) is 12.8 Å². The third-order valence-corrected chi connectivity index (χ3v) is 12.6. The average molecular weight is 823 g/mol. The van der Waals surface area contributed by atoms with Crippen LogP contribution in [0.3, 0.4) is 0 Å². The highest BCUT2D eigenvalue weighted by Crippen LogP contribution is 2.39. The van der Waals surface area contributed by atoms with Crippen molar-refractivity contribution < 1.29 is 0 Å². The lowest BCUT2D eigenvalue weighted by molar-refractivity contribution is 0.354. The molecule has 1 aromatic heterocycles. The van der Waals surface area contributed by atoms with Gasteiger partial charge in [-0.1, -0.05) is 138 Å². The van der Waals surface area contributed by atoms with Crippen molar-refractivity contribution in [1.29, 1.82) is 0 Å². The van der Waals surface area contributed by atoms with Crippen molar-refractivity contribution in [3.05, 3.63) is 181 Å². The average Bonchev–Trinajstić information content (AvgIpc) is 4.09. The van der Waals surface area contributed by atoms with Crippen molar-refractivity contribution in [2.24, 2.45) is 0 Å². The van der Waals surface area contributed by atoms with Crippen molar-refractivity contribution in [2.75, 3.05) is 36.2 Å². The van der Waals surface area contributed by atoms with Crippen molar-refractivity contribution in [3.8, 4) is 28.2 Å². The van der Waals surface area contributed by atoms with Gasteiger partial charge in [-0.15, -0.1) is 0 Å². The largest absolute Gasteiger partial charge is 0.358 e. The van der Waals surface area contributed by atoms with Crippen LogP contribution >= 0.6 is 0 Å². The normalized spacial score (nSPS) is 13.8. The Labute approximate surface area is 371 Å². The summed E-state index contributed by atoms with van der Waals surface area (Å²) >= 11 is 0. The number of aromatic nitrogens is 2. The molecule has 0 bridgehead atoms. The first-order valence-electron chi connectivity index (χ1n) is 23.3. The summed E-state index contributed by atoms with van der Waals surface area (Å²) in [5.74, 6) is 1.76. The first-order valence-corrected chi connectivity index (χ1v) is 23.3. The van der Waals surface area contributed by atoms with E-state index in [0.29, 0.717) is 11.8 Å². The Morgan fingerprint density at radius 1 is 0.484 bits per heavy atom. The number of nitrogens with zero attached hydrogens (tertiary/aromatic N) is 6. The molecule has 8 rings (SSSR count). The number of para-hydroxylation sites is 1. The standard InChI is InChI=1S/C56H66N6/c1-44(2)53-39-49(47-22-12-8-13-23-47)40-54(45(3)4)55(53)62-52(41-57-56(62)48-24-14-9-15-25-48)28-16-7-5-6-11-21-46-29-31-51(32-30-46)61-38-36-59(43-61)34-20-19-33-58-35-37-60(42-58)50-26-17-10-18-27-50/h8-10,12-15,17-18,22-27,29-32,35-41,44-45H,5-7,11,16,19-21,28,33-34,42-43H2,1-4H3. The Morgan fingerprint density at radius 2 is 0.984 bits per heavy atom. The fraction of sp³-hybridized carbons (Fsp3) is 0.339. The van der Waals surface area contributed by atoms with Gasteiger partial charge in [0.1, 0.15) is 5.82 Å². The van der Waals surface area contributed by atoms with E-state index in [0.717, 1.165) is 57.1 Å². The summed E-state index contributed by atoms with van der Waals surface area (Å²) in [6.07, 6.45) is 21.7.